The molecule has 2 nitrogen and oxygen atoms in total. The van der Waals surface area contributed by atoms with Gasteiger partial charge in [0.1, 0.15) is 5.60 Å². The molecule has 0 aromatic carbocycles. The molecule has 80 valence electrons. The van der Waals surface area contributed by atoms with E-state index in [1.165, 1.54) is 25.7 Å². The summed E-state index contributed by atoms with van der Waals surface area (Å²) in [4.78, 5) is 0. The first kappa shape index (κ1) is 9.17. The molecule has 3 atom stereocenters. The van der Waals surface area contributed by atoms with Crippen LogP contribution in [0, 0.1) is 5.92 Å². The van der Waals surface area contributed by atoms with E-state index in [2.05, 4.69) is 6.92 Å². The summed E-state index contributed by atoms with van der Waals surface area (Å²) in [7, 11) is 0. The van der Waals surface area contributed by atoms with Gasteiger partial charge in [-0.25, -0.2) is 0 Å². The summed E-state index contributed by atoms with van der Waals surface area (Å²) in [5.41, 5.74) is -0.576. The van der Waals surface area contributed by atoms with Crippen LogP contribution >= 0.6 is 0 Å². The average Bonchev–Trinajstić information content (AvgIpc) is 2.73. The first-order chi connectivity index (χ1) is 6.66. The molecule has 1 N–H and O–H groups in total. The Morgan fingerprint density at radius 2 is 1.93 bits per heavy atom. The number of ether oxygens (including phenoxy) is 1. The Labute approximate surface area is 85.6 Å². The number of epoxide rings is 1. The Morgan fingerprint density at radius 3 is 2.64 bits per heavy atom. The summed E-state index contributed by atoms with van der Waals surface area (Å²) in [5.74, 6) is 0.735. The van der Waals surface area contributed by atoms with E-state index in [-0.39, 0.29) is 5.60 Å². The Hall–Kier alpha value is -0.0800. The molecule has 1 saturated heterocycles. The molecular weight excluding hydrogens is 176 g/mol. The van der Waals surface area contributed by atoms with E-state index < -0.39 is 5.60 Å². The zero-order chi connectivity index (χ0) is 9.81. The molecule has 3 aliphatic rings. The molecule has 0 unspecified atom stereocenters. The highest BCUT2D eigenvalue weighted by atomic mass is 16.6. The fourth-order valence-corrected chi connectivity index (χ4v) is 3.73. The third kappa shape index (κ3) is 1.04. The van der Waals surface area contributed by atoms with Crippen LogP contribution in [0.2, 0.25) is 0 Å². The van der Waals surface area contributed by atoms with Crippen LogP contribution in [-0.2, 0) is 4.74 Å². The highest BCUT2D eigenvalue weighted by Crippen LogP contribution is 2.59. The largest absolute Gasteiger partial charge is 0.387 e. The lowest BCUT2D eigenvalue weighted by Crippen LogP contribution is -2.47. The molecule has 0 amide bonds. The summed E-state index contributed by atoms with van der Waals surface area (Å²) in [6.07, 6.45) is 8.24. The molecule has 3 rings (SSSR count). The first-order valence-electron chi connectivity index (χ1n) is 6.06. The van der Waals surface area contributed by atoms with E-state index in [0.717, 1.165) is 25.2 Å². The minimum atomic E-state index is -0.466. The van der Waals surface area contributed by atoms with Gasteiger partial charge in [-0.15, -0.1) is 0 Å². The zero-order valence-electron chi connectivity index (χ0n) is 8.96. The number of aliphatic hydroxyl groups is 1. The van der Waals surface area contributed by atoms with Crippen molar-refractivity contribution >= 4 is 0 Å². The van der Waals surface area contributed by atoms with Crippen LogP contribution in [0.15, 0.2) is 0 Å². The van der Waals surface area contributed by atoms with E-state index in [4.69, 9.17) is 4.74 Å². The summed E-state index contributed by atoms with van der Waals surface area (Å²) >= 11 is 0. The van der Waals surface area contributed by atoms with Crippen molar-refractivity contribution in [2.75, 3.05) is 0 Å². The quantitative estimate of drug-likeness (QED) is 0.652. The monoisotopic (exact) mass is 196 g/mol. The van der Waals surface area contributed by atoms with Crippen molar-refractivity contribution in [3.8, 4) is 0 Å². The Morgan fingerprint density at radius 1 is 1.21 bits per heavy atom. The Balaban J connectivity index is 1.83. The smallest absolute Gasteiger partial charge is 0.124 e. The van der Waals surface area contributed by atoms with Crippen molar-refractivity contribution in [1.82, 2.24) is 0 Å². The van der Waals surface area contributed by atoms with Crippen molar-refractivity contribution in [2.24, 2.45) is 5.92 Å². The molecule has 0 aromatic heterocycles. The fourth-order valence-electron chi connectivity index (χ4n) is 3.73. The van der Waals surface area contributed by atoms with Gasteiger partial charge in [-0.1, -0.05) is 19.8 Å². The minimum Gasteiger partial charge on any atom is -0.387 e. The molecule has 1 heterocycles. The Bertz CT molecular complexity index is 245. The van der Waals surface area contributed by atoms with Crippen molar-refractivity contribution in [2.45, 2.75) is 69.2 Å². The summed E-state index contributed by atoms with van der Waals surface area (Å²) in [6, 6.07) is 0. The summed E-state index contributed by atoms with van der Waals surface area (Å²) in [5, 5.41) is 10.6. The van der Waals surface area contributed by atoms with Gasteiger partial charge >= 0.3 is 0 Å². The maximum Gasteiger partial charge on any atom is 0.124 e. The third-order valence-corrected chi connectivity index (χ3v) is 4.61. The minimum absolute atomic E-state index is 0.110. The van der Waals surface area contributed by atoms with Crippen LogP contribution in [0.4, 0.5) is 0 Å². The van der Waals surface area contributed by atoms with Crippen molar-refractivity contribution in [1.29, 1.82) is 0 Å². The second-order valence-electron chi connectivity index (χ2n) is 5.62. The molecule has 0 radical (unpaired) electrons. The molecule has 14 heavy (non-hydrogen) atoms. The number of fused-ring (bicyclic) bond motifs is 1. The maximum absolute atomic E-state index is 10.6. The standard InChI is InChI=1S/C12H20O2/c1-9-4-5-10-12(8-9,14-10)11(13)6-2-3-7-11/h9-10,13H,2-8H2,1H3/t9-,10+,12-/m1/s1. The lowest BCUT2D eigenvalue weighted by Gasteiger charge is -2.35. The first-order valence-corrected chi connectivity index (χ1v) is 6.06. The van der Waals surface area contributed by atoms with Gasteiger partial charge < -0.3 is 9.84 Å². The van der Waals surface area contributed by atoms with Crippen LogP contribution in [0.1, 0.15) is 51.9 Å². The molecule has 2 saturated carbocycles. The second kappa shape index (κ2) is 2.73. The average molecular weight is 196 g/mol. The van der Waals surface area contributed by atoms with Crippen LogP contribution in [-0.4, -0.2) is 22.4 Å². The molecular formula is C12H20O2. The van der Waals surface area contributed by atoms with Gasteiger partial charge in [0.15, 0.2) is 0 Å². The van der Waals surface area contributed by atoms with E-state index in [9.17, 15) is 5.11 Å². The van der Waals surface area contributed by atoms with Crippen molar-refractivity contribution < 1.29 is 9.84 Å². The van der Waals surface area contributed by atoms with E-state index >= 15 is 0 Å². The number of hydrogen-bond donors (Lipinski definition) is 1. The zero-order valence-corrected chi connectivity index (χ0v) is 8.96. The van der Waals surface area contributed by atoms with Gasteiger partial charge in [0, 0.05) is 0 Å². The predicted molar refractivity (Wildman–Crippen MR) is 54.0 cm³/mol. The lowest BCUT2D eigenvalue weighted by atomic mass is 9.72. The topological polar surface area (TPSA) is 32.8 Å². The molecule has 0 aromatic rings. The van der Waals surface area contributed by atoms with Gasteiger partial charge in [-0.2, -0.15) is 0 Å². The predicted octanol–water partition coefficient (Wildman–Crippen LogP) is 2.25. The molecule has 3 fully saturated rings. The van der Waals surface area contributed by atoms with E-state index in [0.29, 0.717) is 6.10 Å². The van der Waals surface area contributed by atoms with Gasteiger partial charge in [0.25, 0.3) is 0 Å². The Kier molecular flexibility index (Phi) is 1.79. The highest BCUT2D eigenvalue weighted by molar-refractivity contribution is 5.18. The second-order valence-corrected chi connectivity index (χ2v) is 5.62. The highest BCUT2D eigenvalue weighted by Gasteiger charge is 2.69. The van der Waals surface area contributed by atoms with Crippen molar-refractivity contribution in [3.63, 3.8) is 0 Å². The van der Waals surface area contributed by atoms with Crippen molar-refractivity contribution in [3.05, 3.63) is 0 Å². The van der Waals surface area contributed by atoms with Gasteiger partial charge in [0.2, 0.25) is 0 Å². The van der Waals surface area contributed by atoms with Crippen LogP contribution in [0.5, 0.6) is 0 Å². The molecule has 1 aliphatic heterocycles. The van der Waals surface area contributed by atoms with Crippen LogP contribution in [0.3, 0.4) is 0 Å². The summed E-state index contributed by atoms with van der Waals surface area (Å²) < 4.78 is 5.87. The lowest BCUT2D eigenvalue weighted by molar-refractivity contribution is -0.0433. The van der Waals surface area contributed by atoms with Crippen LogP contribution < -0.4 is 0 Å². The summed E-state index contributed by atoms with van der Waals surface area (Å²) in [6.45, 7) is 2.29. The number of rotatable bonds is 1. The normalized spacial score (nSPS) is 50.1. The third-order valence-electron chi connectivity index (χ3n) is 4.61. The van der Waals surface area contributed by atoms with E-state index in [1.807, 2.05) is 0 Å². The molecule has 2 heteroatoms. The SMILES string of the molecule is C[C@@H]1CC[C@@H]2O[C@]2(C2(O)CCCC2)C1. The van der Waals surface area contributed by atoms with Gasteiger partial charge in [-0.3, -0.25) is 0 Å². The maximum atomic E-state index is 10.6. The van der Waals surface area contributed by atoms with Crippen LogP contribution in [0.25, 0.3) is 0 Å². The number of hydrogen-bond acceptors (Lipinski definition) is 2. The molecule has 0 spiro atoms. The molecule has 2 aliphatic carbocycles. The van der Waals surface area contributed by atoms with Gasteiger partial charge in [-0.05, 0) is 38.0 Å². The van der Waals surface area contributed by atoms with E-state index in [1.54, 1.807) is 0 Å². The van der Waals surface area contributed by atoms with Gasteiger partial charge in [0.05, 0.1) is 11.7 Å². The molecule has 0 bridgehead atoms. The fraction of sp³-hybridized carbons (Fsp3) is 1.00.